The fourth-order valence-electron chi connectivity index (χ4n) is 2.71. The number of hydrogen-bond donors (Lipinski definition) is 1. The summed E-state index contributed by atoms with van der Waals surface area (Å²) < 4.78 is 0. The van der Waals surface area contributed by atoms with E-state index < -0.39 is 0 Å². The van der Waals surface area contributed by atoms with Crippen LogP contribution in [-0.4, -0.2) is 26.0 Å². The molecule has 2 rings (SSSR count). The SMILES string of the molecule is CNC(=O)/C(C#N)=C/c1ccc(N2CCCCC2)c(C)c1. The second-order valence-corrected chi connectivity index (χ2v) is 5.34. The van der Waals surface area contributed by atoms with Crippen molar-refractivity contribution in [2.75, 3.05) is 25.0 Å². The highest BCUT2D eigenvalue weighted by Crippen LogP contribution is 2.25. The molecule has 1 aliphatic heterocycles. The van der Waals surface area contributed by atoms with Crippen LogP contribution in [0.25, 0.3) is 6.08 Å². The van der Waals surface area contributed by atoms with Gasteiger partial charge in [0.05, 0.1) is 0 Å². The molecule has 0 atom stereocenters. The van der Waals surface area contributed by atoms with Crippen LogP contribution in [0.2, 0.25) is 0 Å². The first-order valence-corrected chi connectivity index (χ1v) is 7.35. The molecule has 110 valence electrons. The molecular formula is C17H21N3O. The van der Waals surface area contributed by atoms with Crippen molar-refractivity contribution in [3.63, 3.8) is 0 Å². The van der Waals surface area contributed by atoms with Crippen molar-refractivity contribution in [2.24, 2.45) is 0 Å². The predicted octanol–water partition coefficient (Wildman–Crippen LogP) is 2.64. The van der Waals surface area contributed by atoms with E-state index in [1.165, 1.54) is 37.6 Å². The van der Waals surface area contributed by atoms with Gasteiger partial charge in [-0.3, -0.25) is 4.79 Å². The van der Waals surface area contributed by atoms with E-state index in [1.54, 1.807) is 6.08 Å². The van der Waals surface area contributed by atoms with Gasteiger partial charge in [-0.15, -0.1) is 0 Å². The van der Waals surface area contributed by atoms with Gasteiger partial charge in [-0.25, -0.2) is 0 Å². The topological polar surface area (TPSA) is 56.1 Å². The zero-order valence-corrected chi connectivity index (χ0v) is 12.6. The van der Waals surface area contributed by atoms with E-state index >= 15 is 0 Å². The maximum absolute atomic E-state index is 11.5. The van der Waals surface area contributed by atoms with Gasteiger partial charge in [0.15, 0.2) is 0 Å². The van der Waals surface area contributed by atoms with E-state index in [4.69, 9.17) is 5.26 Å². The van der Waals surface area contributed by atoms with E-state index in [1.807, 2.05) is 18.2 Å². The maximum atomic E-state index is 11.5. The molecule has 21 heavy (non-hydrogen) atoms. The second kappa shape index (κ2) is 6.94. The molecule has 1 saturated heterocycles. The number of piperidine rings is 1. The van der Waals surface area contributed by atoms with E-state index in [2.05, 4.69) is 23.2 Å². The van der Waals surface area contributed by atoms with Crippen LogP contribution in [0.4, 0.5) is 5.69 Å². The average Bonchev–Trinajstić information content (AvgIpc) is 2.52. The Balaban J connectivity index is 2.24. The van der Waals surface area contributed by atoms with Crippen molar-refractivity contribution in [3.8, 4) is 6.07 Å². The van der Waals surface area contributed by atoms with Crippen molar-refractivity contribution < 1.29 is 4.79 Å². The number of amides is 1. The lowest BCUT2D eigenvalue weighted by Crippen LogP contribution is -2.29. The lowest BCUT2D eigenvalue weighted by Gasteiger charge is -2.30. The number of rotatable bonds is 3. The van der Waals surface area contributed by atoms with Crippen LogP contribution >= 0.6 is 0 Å². The Morgan fingerprint density at radius 1 is 1.33 bits per heavy atom. The number of anilines is 1. The molecule has 1 N–H and O–H groups in total. The number of nitrogens with zero attached hydrogens (tertiary/aromatic N) is 2. The van der Waals surface area contributed by atoms with Gasteiger partial charge in [0.1, 0.15) is 11.6 Å². The minimum absolute atomic E-state index is 0.127. The molecule has 1 amide bonds. The Kier molecular flexibility index (Phi) is 4.99. The third-order valence-electron chi connectivity index (χ3n) is 3.82. The zero-order valence-electron chi connectivity index (χ0n) is 12.6. The van der Waals surface area contributed by atoms with Crippen LogP contribution in [0.15, 0.2) is 23.8 Å². The van der Waals surface area contributed by atoms with Gasteiger partial charge in [-0.1, -0.05) is 6.07 Å². The summed E-state index contributed by atoms with van der Waals surface area (Å²) in [6, 6.07) is 8.03. The summed E-state index contributed by atoms with van der Waals surface area (Å²) in [7, 11) is 1.53. The Morgan fingerprint density at radius 2 is 2.05 bits per heavy atom. The van der Waals surface area contributed by atoms with Gasteiger partial charge < -0.3 is 10.2 Å². The number of benzene rings is 1. The molecular weight excluding hydrogens is 262 g/mol. The number of nitrogens with one attached hydrogen (secondary N) is 1. The first kappa shape index (κ1) is 15.1. The molecule has 4 nitrogen and oxygen atoms in total. The van der Waals surface area contributed by atoms with Crippen LogP contribution in [0.5, 0.6) is 0 Å². The van der Waals surface area contributed by atoms with Crippen molar-refractivity contribution in [1.29, 1.82) is 5.26 Å². The van der Waals surface area contributed by atoms with Crippen molar-refractivity contribution >= 4 is 17.7 Å². The molecule has 0 aromatic heterocycles. The van der Waals surface area contributed by atoms with Gasteiger partial charge in [-0.2, -0.15) is 5.26 Å². The van der Waals surface area contributed by atoms with Crippen molar-refractivity contribution in [2.45, 2.75) is 26.2 Å². The Hall–Kier alpha value is -2.28. The number of hydrogen-bond acceptors (Lipinski definition) is 3. The van der Waals surface area contributed by atoms with Crippen LogP contribution in [0, 0.1) is 18.3 Å². The zero-order chi connectivity index (χ0) is 15.2. The third kappa shape index (κ3) is 3.63. The summed E-state index contributed by atoms with van der Waals surface area (Å²) in [5, 5.41) is 11.5. The summed E-state index contributed by atoms with van der Waals surface area (Å²) in [6.45, 7) is 4.29. The van der Waals surface area contributed by atoms with E-state index in [9.17, 15) is 4.79 Å². The van der Waals surface area contributed by atoms with Crippen LogP contribution in [0.1, 0.15) is 30.4 Å². The van der Waals surface area contributed by atoms with Crippen LogP contribution < -0.4 is 10.2 Å². The second-order valence-electron chi connectivity index (χ2n) is 5.34. The fraction of sp³-hybridized carbons (Fsp3) is 0.412. The highest BCUT2D eigenvalue weighted by Gasteiger charge is 2.13. The Morgan fingerprint density at radius 3 is 2.62 bits per heavy atom. The molecule has 0 bridgehead atoms. The van der Waals surface area contributed by atoms with E-state index in [0.29, 0.717) is 0 Å². The standard InChI is InChI=1S/C17H21N3O/c1-13-10-14(11-15(12-18)17(21)19-2)6-7-16(13)20-8-4-3-5-9-20/h6-7,10-11H,3-5,8-9H2,1-2H3,(H,19,21)/b15-11+. The molecule has 1 fully saturated rings. The van der Waals surface area contributed by atoms with E-state index in [-0.39, 0.29) is 11.5 Å². The number of carbonyl (C=O) groups is 1. The summed E-state index contributed by atoms with van der Waals surface area (Å²) in [5.74, 6) is -0.352. The lowest BCUT2D eigenvalue weighted by molar-refractivity contribution is -0.116. The summed E-state index contributed by atoms with van der Waals surface area (Å²) in [6.07, 6.45) is 5.44. The smallest absolute Gasteiger partial charge is 0.261 e. The minimum Gasteiger partial charge on any atom is -0.371 e. The van der Waals surface area contributed by atoms with Gasteiger partial charge in [-0.05, 0) is 55.5 Å². The molecule has 0 aliphatic carbocycles. The molecule has 0 unspecified atom stereocenters. The monoisotopic (exact) mass is 283 g/mol. The minimum atomic E-state index is -0.352. The summed E-state index contributed by atoms with van der Waals surface area (Å²) in [5.41, 5.74) is 3.45. The summed E-state index contributed by atoms with van der Waals surface area (Å²) >= 11 is 0. The summed E-state index contributed by atoms with van der Waals surface area (Å²) in [4.78, 5) is 13.9. The highest BCUT2D eigenvalue weighted by atomic mass is 16.1. The van der Waals surface area contributed by atoms with Crippen LogP contribution in [0.3, 0.4) is 0 Å². The molecule has 1 aliphatic rings. The normalized spacial score (nSPS) is 15.5. The van der Waals surface area contributed by atoms with Gasteiger partial charge in [0, 0.05) is 25.8 Å². The van der Waals surface area contributed by atoms with Crippen molar-refractivity contribution in [3.05, 3.63) is 34.9 Å². The third-order valence-corrected chi connectivity index (χ3v) is 3.82. The number of aryl methyl sites for hydroxylation is 1. The largest absolute Gasteiger partial charge is 0.371 e. The van der Waals surface area contributed by atoms with E-state index in [0.717, 1.165) is 18.7 Å². The molecule has 1 aromatic carbocycles. The quantitative estimate of drug-likeness (QED) is 0.685. The number of carbonyl (C=O) groups excluding carboxylic acids is 1. The number of nitriles is 1. The maximum Gasteiger partial charge on any atom is 0.261 e. The Labute approximate surface area is 126 Å². The van der Waals surface area contributed by atoms with Crippen molar-refractivity contribution in [1.82, 2.24) is 5.32 Å². The van der Waals surface area contributed by atoms with Crippen LogP contribution in [-0.2, 0) is 4.79 Å². The molecule has 0 saturated carbocycles. The van der Waals surface area contributed by atoms with Gasteiger partial charge >= 0.3 is 0 Å². The van der Waals surface area contributed by atoms with Gasteiger partial charge in [0.25, 0.3) is 5.91 Å². The first-order valence-electron chi connectivity index (χ1n) is 7.35. The van der Waals surface area contributed by atoms with Gasteiger partial charge in [0.2, 0.25) is 0 Å². The highest BCUT2D eigenvalue weighted by molar-refractivity contribution is 6.01. The fourth-order valence-corrected chi connectivity index (χ4v) is 2.71. The predicted molar refractivity (Wildman–Crippen MR) is 84.9 cm³/mol. The lowest BCUT2D eigenvalue weighted by atomic mass is 10.0. The molecule has 1 aromatic rings. The number of likely N-dealkylation sites (N-methyl/N-ethyl adjacent to an activating group) is 1. The molecule has 4 heteroatoms. The molecule has 1 heterocycles. The molecule has 0 spiro atoms. The Bertz CT molecular complexity index is 593. The molecule has 0 radical (unpaired) electrons. The average molecular weight is 283 g/mol. The first-order chi connectivity index (χ1) is 10.2.